The van der Waals surface area contributed by atoms with Crippen LogP contribution in [0.25, 0.3) is 0 Å². The lowest BCUT2D eigenvalue weighted by Crippen LogP contribution is -2.30. The van der Waals surface area contributed by atoms with E-state index in [9.17, 15) is 14.4 Å². The van der Waals surface area contributed by atoms with E-state index in [4.69, 9.17) is 14.2 Å². The number of unbranched alkanes of at least 4 members (excludes halogenated alkanes) is 29. The van der Waals surface area contributed by atoms with Crippen LogP contribution in [0.1, 0.15) is 265 Å². The van der Waals surface area contributed by atoms with Crippen LogP contribution in [-0.4, -0.2) is 37.2 Å². The zero-order valence-electron chi connectivity index (χ0n) is 36.7. The maximum Gasteiger partial charge on any atom is 0.306 e. The summed E-state index contributed by atoms with van der Waals surface area (Å²) in [6.45, 7) is 8.96. The lowest BCUT2D eigenvalue weighted by atomic mass is 10.00. The van der Waals surface area contributed by atoms with E-state index in [1.165, 1.54) is 161 Å². The van der Waals surface area contributed by atoms with Crippen molar-refractivity contribution in [2.75, 3.05) is 13.2 Å². The zero-order valence-corrected chi connectivity index (χ0v) is 36.7. The highest BCUT2D eigenvalue weighted by Gasteiger charge is 2.19. The molecule has 6 nitrogen and oxygen atoms in total. The Morgan fingerprint density at radius 3 is 0.963 bits per heavy atom. The van der Waals surface area contributed by atoms with Gasteiger partial charge >= 0.3 is 17.9 Å². The number of carbonyl (C=O) groups excluding carboxylic acids is 3. The topological polar surface area (TPSA) is 78.9 Å². The Kier molecular flexibility index (Phi) is 41.3. The van der Waals surface area contributed by atoms with Gasteiger partial charge in [0.1, 0.15) is 13.2 Å². The van der Waals surface area contributed by atoms with Gasteiger partial charge in [0.25, 0.3) is 0 Å². The van der Waals surface area contributed by atoms with Crippen molar-refractivity contribution < 1.29 is 28.6 Å². The van der Waals surface area contributed by atoms with E-state index in [2.05, 4.69) is 27.7 Å². The fraction of sp³-hybridized carbons (Fsp3) is 0.938. The molecule has 0 saturated carbocycles. The van der Waals surface area contributed by atoms with Gasteiger partial charge in [-0.25, -0.2) is 0 Å². The molecule has 0 aromatic carbocycles. The van der Waals surface area contributed by atoms with Crippen molar-refractivity contribution in [3.8, 4) is 0 Å². The second-order valence-corrected chi connectivity index (χ2v) is 16.6. The summed E-state index contributed by atoms with van der Waals surface area (Å²) in [6.07, 6.45) is 42.4. The molecular weight excluding hydrogens is 673 g/mol. The van der Waals surface area contributed by atoms with Crippen LogP contribution in [0.5, 0.6) is 0 Å². The first-order valence-electron chi connectivity index (χ1n) is 23.9. The lowest BCUT2D eigenvalue weighted by Gasteiger charge is -2.18. The Bertz CT molecular complexity index is 813. The molecule has 0 aromatic rings. The van der Waals surface area contributed by atoms with Crippen LogP contribution in [0.3, 0.4) is 0 Å². The maximum absolute atomic E-state index is 12.7. The summed E-state index contributed by atoms with van der Waals surface area (Å²) in [4.78, 5) is 37.7. The minimum absolute atomic E-state index is 0.0643. The standard InChI is InChI=1S/C48H92O6/c1-5-8-10-12-14-16-17-18-19-20-21-22-23-25-26-31-35-39-46(49)52-42-45(54-48(51)41-37-33-27-24-15-13-11-9-6-2)43-53-47(50)40-36-32-29-28-30-34-38-44(4)7-3/h44-45H,5-43H2,1-4H3/t44?,45-/m0/s1. The van der Waals surface area contributed by atoms with Crippen molar-refractivity contribution in [2.45, 2.75) is 271 Å². The average Bonchev–Trinajstić information content (AvgIpc) is 3.17. The quantitative estimate of drug-likeness (QED) is 0.0349. The SMILES string of the molecule is CCCCCCCCCCCCCCCCCCCC(=O)OC[C@@H](COC(=O)CCCCCCCCC(C)CC)OC(=O)CCCCCCCCCCC. The molecule has 0 radical (unpaired) electrons. The third-order valence-corrected chi connectivity index (χ3v) is 11.2. The molecule has 0 aliphatic heterocycles. The highest BCUT2D eigenvalue weighted by atomic mass is 16.6. The van der Waals surface area contributed by atoms with Crippen LogP contribution in [0, 0.1) is 5.92 Å². The van der Waals surface area contributed by atoms with Crippen molar-refractivity contribution >= 4 is 17.9 Å². The van der Waals surface area contributed by atoms with E-state index >= 15 is 0 Å². The highest BCUT2D eigenvalue weighted by molar-refractivity contribution is 5.71. The molecule has 0 aromatic heterocycles. The van der Waals surface area contributed by atoms with Crippen LogP contribution in [0.15, 0.2) is 0 Å². The molecule has 0 saturated heterocycles. The minimum Gasteiger partial charge on any atom is -0.462 e. The Labute approximate surface area is 336 Å². The smallest absolute Gasteiger partial charge is 0.306 e. The van der Waals surface area contributed by atoms with E-state index in [1.54, 1.807) is 0 Å². The van der Waals surface area contributed by atoms with Crippen LogP contribution in [0.4, 0.5) is 0 Å². The van der Waals surface area contributed by atoms with Gasteiger partial charge in [-0.3, -0.25) is 14.4 Å². The zero-order chi connectivity index (χ0) is 39.6. The van der Waals surface area contributed by atoms with Crippen LogP contribution in [-0.2, 0) is 28.6 Å². The molecule has 0 amide bonds. The van der Waals surface area contributed by atoms with Crippen molar-refractivity contribution in [3.05, 3.63) is 0 Å². The van der Waals surface area contributed by atoms with Crippen LogP contribution >= 0.6 is 0 Å². The molecule has 2 atom stereocenters. The molecule has 0 rings (SSSR count). The van der Waals surface area contributed by atoms with Gasteiger partial charge in [0.05, 0.1) is 0 Å². The first-order chi connectivity index (χ1) is 26.4. The van der Waals surface area contributed by atoms with E-state index in [0.717, 1.165) is 63.7 Å². The number of esters is 3. The molecule has 0 aliphatic rings. The van der Waals surface area contributed by atoms with Gasteiger partial charge in [-0.15, -0.1) is 0 Å². The number of rotatable bonds is 43. The van der Waals surface area contributed by atoms with Crippen molar-refractivity contribution in [2.24, 2.45) is 5.92 Å². The van der Waals surface area contributed by atoms with Gasteiger partial charge in [-0.1, -0.05) is 227 Å². The first kappa shape index (κ1) is 52.4. The molecule has 1 unspecified atom stereocenters. The molecule has 6 heteroatoms. The van der Waals surface area contributed by atoms with Crippen molar-refractivity contribution in [1.29, 1.82) is 0 Å². The van der Waals surface area contributed by atoms with E-state index < -0.39 is 6.10 Å². The second kappa shape index (κ2) is 42.6. The summed E-state index contributed by atoms with van der Waals surface area (Å²) in [5.41, 5.74) is 0. The average molecular weight is 765 g/mol. The van der Waals surface area contributed by atoms with Crippen LogP contribution in [0.2, 0.25) is 0 Å². The van der Waals surface area contributed by atoms with Gasteiger partial charge in [0.15, 0.2) is 6.10 Å². The van der Waals surface area contributed by atoms with E-state index in [0.29, 0.717) is 19.3 Å². The van der Waals surface area contributed by atoms with Gasteiger partial charge in [0.2, 0.25) is 0 Å². The number of hydrogen-bond acceptors (Lipinski definition) is 6. The molecule has 0 aliphatic carbocycles. The molecule has 54 heavy (non-hydrogen) atoms. The van der Waals surface area contributed by atoms with Gasteiger partial charge in [-0.05, 0) is 25.2 Å². The summed E-state index contributed by atoms with van der Waals surface area (Å²) < 4.78 is 16.7. The summed E-state index contributed by atoms with van der Waals surface area (Å²) in [7, 11) is 0. The Morgan fingerprint density at radius 2 is 0.648 bits per heavy atom. The second-order valence-electron chi connectivity index (χ2n) is 16.6. The Morgan fingerprint density at radius 1 is 0.370 bits per heavy atom. The molecule has 0 N–H and O–H groups in total. The normalized spacial score (nSPS) is 12.4. The van der Waals surface area contributed by atoms with Gasteiger partial charge in [0, 0.05) is 19.3 Å². The molecule has 320 valence electrons. The largest absolute Gasteiger partial charge is 0.462 e. The van der Waals surface area contributed by atoms with Crippen LogP contribution < -0.4 is 0 Å². The lowest BCUT2D eigenvalue weighted by molar-refractivity contribution is -0.167. The molecule has 0 fully saturated rings. The molecule has 0 heterocycles. The monoisotopic (exact) mass is 765 g/mol. The molecule has 0 spiro atoms. The van der Waals surface area contributed by atoms with Gasteiger partial charge in [-0.2, -0.15) is 0 Å². The number of carbonyl (C=O) groups is 3. The third kappa shape index (κ3) is 40.1. The number of hydrogen-bond donors (Lipinski definition) is 0. The van der Waals surface area contributed by atoms with E-state index in [-0.39, 0.29) is 31.1 Å². The van der Waals surface area contributed by atoms with Gasteiger partial charge < -0.3 is 14.2 Å². The third-order valence-electron chi connectivity index (χ3n) is 11.2. The summed E-state index contributed by atoms with van der Waals surface area (Å²) >= 11 is 0. The Balaban J connectivity index is 4.23. The summed E-state index contributed by atoms with van der Waals surface area (Å²) in [5.74, 6) is -0.0422. The highest BCUT2D eigenvalue weighted by Crippen LogP contribution is 2.17. The predicted octanol–water partition coefficient (Wildman–Crippen LogP) is 15.1. The fourth-order valence-electron chi connectivity index (χ4n) is 7.12. The fourth-order valence-corrected chi connectivity index (χ4v) is 7.12. The molecular formula is C48H92O6. The van der Waals surface area contributed by atoms with Crippen molar-refractivity contribution in [1.82, 2.24) is 0 Å². The Hall–Kier alpha value is -1.59. The number of ether oxygens (including phenoxy) is 3. The van der Waals surface area contributed by atoms with E-state index in [1.807, 2.05) is 0 Å². The first-order valence-corrected chi connectivity index (χ1v) is 23.9. The summed E-state index contributed by atoms with van der Waals surface area (Å²) in [5, 5.41) is 0. The minimum atomic E-state index is -0.759. The molecule has 0 bridgehead atoms. The predicted molar refractivity (Wildman–Crippen MR) is 229 cm³/mol. The summed E-state index contributed by atoms with van der Waals surface area (Å²) in [6, 6.07) is 0. The maximum atomic E-state index is 12.7. The van der Waals surface area contributed by atoms with Crippen molar-refractivity contribution in [3.63, 3.8) is 0 Å².